The van der Waals surface area contributed by atoms with Crippen LogP contribution >= 0.6 is 11.6 Å². The molecule has 202 valence electrons. The van der Waals surface area contributed by atoms with Crippen molar-refractivity contribution in [3.05, 3.63) is 136 Å². The van der Waals surface area contributed by atoms with Crippen molar-refractivity contribution in [1.82, 2.24) is 0 Å². The summed E-state index contributed by atoms with van der Waals surface area (Å²) in [5.41, 5.74) is 1.18. The minimum Gasteiger partial charge on any atom is -0.497 e. The molecule has 41 heavy (non-hydrogen) atoms. The molecule has 7 heteroatoms. The van der Waals surface area contributed by atoms with Crippen molar-refractivity contribution in [3.63, 3.8) is 0 Å². The van der Waals surface area contributed by atoms with Crippen molar-refractivity contribution in [2.24, 2.45) is 5.41 Å². The lowest BCUT2D eigenvalue weighted by Crippen LogP contribution is -2.48. The quantitative estimate of drug-likeness (QED) is 0.202. The third-order valence-electron chi connectivity index (χ3n) is 8.62. The molecule has 0 amide bonds. The average molecular weight is 564 g/mol. The number of carbonyl (C=O) groups is 3. The van der Waals surface area contributed by atoms with E-state index in [4.69, 9.17) is 16.3 Å². The fourth-order valence-corrected chi connectivity index (χ4v) is 7.06. The van der Waals surface area contributed by atoms with Gasteiger partial charge in [0.15, 0.2) is 17.3 Å². The first-order chi connectivity index (χ1) is 19.9. The van der Waals surface area contributed by atoms with Crippen LogP contribution in [0.1, 0.15) is 48.1 Å². The highest BCUT2D eigenvalue weighted by Crippen LogP contribution is 2.61. The van der Waals surface area contributed by atoms with Gasteiger partial charge in [-0.15, -0.1) is 0 Å². The number of ketones is 3. The number of fused-ring (bicyclic) bond motifs is 5. The topological polar surface area (TPSA) is 63.7 Å². The molecule has 1 saturated heterocycles. The van der Waals surface area contributed by atoms with Gasteiger partial charge in [0.2, 0.25) is 0 Å². The Kier molecular flexibility index (Phi) is 5.73. The SMILES string of the molecule is COc1cccc(C(=O)[C@@H]2[C@@H](c3ccc(Cl)cc3)C3(C(=O)c4ccccc4C3=O)[C@@H]3C=Cc4cc(F)ccc4N23)c1. The number of ether oxygens (including phenoxy) is 1. The van der Waals surface area contributed by atoms with Crippen LogP contribution in [0.15, 0.2) is 97.1 Å². The molecule has 1 spiro atoms. The number of carbonyl (C=O) groups excluding carboxylic acids is 3. The van der Waals surface area contributed by atoms with Crippen molar-refractivity contribution < 1.29 is 23.5 Å². The van der Waals surface area contributed by atoms with E-state index in [0.29, 0.717) is 44.3 Å². The molecule has 0 saturated carbocycles. The number of hydrogen-bond donors (Lipinski definition) is 0. The van der Waals surface area contributed by atoms with E-state index in [1.165, 1.54) is 19.2 Å². The Morgan fingerprint density at radius 3 is 2.29 bits per heavy atom. The Bertz CT molecular complexity index is 1760. The molecule has 0 aromatic heterocycles. The number of anilines is 1. The van der Waals surface area contributed by atoms with Crippen LogP contribution in [0, 0.1) is 11.2 Å². The molecule has 5 nitrogen and oxygen atoms in total. The highest BCUT2D eigenvalue weighted by atomic mass is 35.5. The summed E-state index contributed by atoms with van der Waals surface area (Å²) in [6.45, 7) is 0. The van der Waals surface area contributed by atoms with Gasteiger partial charge in [-0.05, 0) is 48.0 Å². The number of hydrogen-bond acceptors (Lipinski definition) is 5. The molecule has 0 radical (unpaired) electrons. The van der Waals surface area contributed by atoms with E-state index in [1.54, 1.807) is 91.0 Å². The summed E-state index contributed by atoms with van der Waals surface area (Å²) in [5.74, 6) is -1.74. The molecule has 4 aromatic rings. The normalized spacial score (nSPS) is 21.5. The van der Waals surface area contributed by atoms with Crippen molar-refractivity contribution in [1.29, 1.82) is 0 Å². The number of rotatable bonds is 4. The zero-order chi connectivity index (χ0) is 28.5. The van der Waals surface area contributed by atoms with Gasteiger partial charge in [-0.2, -0.15) is 0 Å². The van der Waals surface area contributed by atoms with Gasteiger partial charge in [0.1, 0.15) is 23.0 Å². The fraction of sp³-hybridized carbons (Fsp3) is 0.147. The van der Waals surface area contributed by atoms with Crippen LogP contribution < -0.4 is 9.64 Å². The van der Waals surface area contributed by atoms with Gasteiger partial charge >= 0.3 is 0 Å². The molecule has 0 N–H and O–H groups in total. The van der Waals surface area contributed by atoms with Crippen LogP contribution in [0.25, 0.3) is 6.08 Å². The summed E-state index contributed by atoms with van der Waals surface area (Å²) in [6, 6.07) is 23.1. The van der Waals surface area contributed by atoms with E-state index in [0.717, 1.165) is 0 Å². The van der Waals surface area contributed by atoms with Gasteiger partial charge in [0.25, 0.3) is 0 Å². The maximum atomic E-state index is 14.7. The van der Waals surface area contributed by atoms with Crippen LogP contribution in [0.4, 0.5) is 10.1 Å². The zero-order valence-electron chi connectivity index (χ0n) is 21.9. The molecule has 4 aromatic carbocycles. The zero-order valence-corrected chi connectivity index (χ0v) is 22.6. The summed E-state index contributed by atoms with van der Waals surface area (Å²) >= 11 is 6.26. The maximum absolute atomic E-state index is 14.7. The third kappa shape index (κ3) is 3.50. The molecule has 0 unspecified atom stereocenters. The van der Waals surface area contributed by atoms with Crippen molar-refractivity contribution in [2.75, 3.05) is 12.0 Å². The molecule has 7 rings (SSSR count). The van der Waals surface area contributed by atoms with E-state index in [1.807, 2.05) is 4.90 Å². The maximum Gasteiger partial charge on any atom is 0.186 e. The Hall–Kier alpha value is -4.55. The molecule has 1 fully saturated rings. The van der Waals surface area contributed by atoms with E-state index < -0.39 is 29.2 Å². The number of halogens is 2. The van der Waals surface area contributed by atoms with E-state index >= 15 is 0 Å². The van der Waals surface area contributed by atoms with Crippen molar-refractivity contribution >= 4 is 40.7 Å². The Morgan fingerprint density at radius 1 is 0.902 bits per heavy atom. The minimum atomic E-state index is -1.64. The van der Waals surface area contributed by atoms with Crippen LogP contribution in [-0.4, -0.2) is 36.5 Å². The molecular formula is C34H23ClFNO4. The van der Waals surface area contributed by atoms with Gasteiger partial charge in [0, 0.05) is 38.9 Å². The molecule has 2 heterocycles. The summed E-state index contributed by atoms with van der Waals surface area (Å²) in [4.78, 5) is 45.7. The van der Waals surface area contributed by atoms with Crippen LogP contribution in [0.3, 0.4) is 0 Å². The summed E-state index contributed by atoms with van der Waals surface area (Å²) in [7, 11) is 1.52. The second-order valence-corrected chi connectivity index (χ2v) is 11.0. The summed E-state index contributed by atoms with van der Waals surface area (Å²) in [5, 5.41) is 0.488. The van der Waals surface area contributed by atoms with E-state index in [2.05, 4.69) is 0 Å². The highest BCUT2D eigenvalue weighted by molar-refractivity contribution is 6.32. The lowest BCUT2D eigenvalue weighted by atomic mass is 9.64. The standard InChI is InChI=1S/C34H23ClFNO4/c1-41-24-6-4-5-21(18-24)31(38)30-29(19-9-12-22(35)13-10-19)34(32(39)25-7-2-3-8-26(25)33(34)40)28-16-11-20-17-23(36)14-15-27(20)37(28)30/h2-18,28-30H,1H3/t28-,29+,30-/m0/s1. The van der Waals surface area contributed by atoms with Crippen molar-refractivity contribution in [3.8, 4) is 5.75 Å². The van der Waals surface area contributed by atoms with Gasteiger partial charge in [-0.3, -0.25) is 14.4 Å². The second-order valence-electron chi connectivity index (χ2n) is 10.6. The minimum absolute atomic E-state index is 0.284. The summed E-state index contributed by atoms with van der Waals surface area (Å²) < 4.78 is 19.8. The largest absolute Gasteiger partial charge is 0.497 e. The predicted molar refractivity (Wildman–Crippen MR) is 155 cm³/mol. The van der Waals surface area contributed by atoms with E-state index in [9.17, 15) is 18.8 Å². The average Bonchev–Trinajstić information content (AvgIpc) is 3.43. The van der Waals surface area contributed by atoms with Crippen molar-refractivity contribution in [2.45, 2.75) is 18.0 Å². The second kappa shape index (κ2) is 9.25. The van der Waals surface area contributed by atoms with E-state index in [-0.39, 0.29) is 17.3 Å². The highest BCUT2D eigenvalue weighted by Gasteiger charge is 2.71. The van der Waals surface area contributed by atoms with Crippen LogP contribution in [0.5, 0.6) is 5.75 Å². The monoisotopic (exact) mass is 563 g/mol. The molecule has 0 bridgehead atoms. The Balaban J connectivity index is 1.54. The smallest absolute Gasteiger partial charge is 0.186 e. The van der Waals surface area contributed by atoms with Gasteiger partial charge in [0.05, 0.1) is 13.2 Å². The van der Waals surface area contributed by atoms with Gasteiger partial charge in [-0.1, -0.05) is 72.3 Å². The van der Waals surface area contributed by atoms with Crippen LogP contribution in [-0.2, 0) is 0 Å². The van der Waals surface area contributed by atoms with Crippen LogP contribution in [0.2, 0.25) is 5.02 Å². The Morgan fingerprint density at radius 2 is 1.61 bits per heavy atom. The first kappa shape index (κ1) is 25.4. The molecule has 1 aliphatic carbocycles. The molecule has 3 atom stereocenters. The third-order valence-corrected chi connectivity index (χ3v) is 8.87. The molecule has 2 aliphatic heterocycles. The first-order valence-corrected chi connectivity index (χ1v) is 13.6. The van der Waals surface area contributed by atoms with Gasteiger partial charge in [-0.25, -0.2) is 4.39 Å². The molecular weight excluding hydrogens is 541 g/mol. The fourth-order valence-electron chi connectivity index (χ4n) is 6.94. The number of benzene rings is 4. The predicted octanol–water partition coefficient (Wildman–Crippen LogP) is 6.80. The molecule has 3 aliphatic rings. The Labute approximate surface area is 240 Å². The number of methoxy groups -OCH3 is 1. The first-order valence-electron chi connectivity index (χ1n) is 13.2. The number of nitrogens with zero attached hydrogens (tertiary/aromatic N) is 1. The number of Topliss-reactive ketones (excluding diaryl/α,β-unsaturated/α-hetero) is 3. The van der Waals surface area contributed by atoms with Gasteiger partial charge < -0.3 is 9.64 Å². The lowest BCUT2D eigenvalue weighted by Gasteiger charge is -2.37. The summed E-state index contributed by atoms with van der Waals surface area (Å²) in [6.07, 6.45) is 3.51. The lowest BCUT2D eigenvalue weighted by molar-refractivity contribution is 0.0666.